The maximum Gasteiger partial charge on any atom is 0.417 e. The lowest BCUT2D eigenvalue weighted by molar-refractivity contribution is -0.137. The van der Waals surface area contributed by atoms with Crippen molar-refractivity contribution in [3.8, 4) is 34.9 Å². The molecule has 6 nitrogen and oxygen atoms in total. The number of halogens is 3. The maximum absolute atomic E-state index is 14.0. The minimum atomic E-state index is -4.64. The molecule has 0 fully saturated rings. The van der Waals surface area contributed by atoms with Gasteiger partial charge in [0.25, 0.3) is 0 Å². The van der Waals surface area contributed by atoms with Crippen LogP contribution in [0.3, 0.4) is 0 Å². The van der Waals surface area contributed by atoms with Gasteiger partial charge in [0.2, 0.25) is 11.8 Å². The number of nitrogens with zero attached hydrogens (tertiary/aromatic N) is 4. The number of hydrogen-bond donors (Lipinski definition) is 1. The third kappa shape index (κ3) is 5.06. The molecule has 0 amide bonds. The molecule has 0 radical (unpaired) electrons. The zero-order chi connectivity index (χ0) is 26.0. The molecule has 3 aromatic carbocycles. The van der Waals surface area contributed by atoms with Gasteiger partial charge in [0.15, 0.2) is 0 Å². The summed E-state index contributed by atoms with van der Waals surface area (Å²) in [6, 6.07) is 22.0. The predicted octanol–water partition coefficient (Wildman–Crippen LogP) is 7.66. The lowest BCUT2D eigenvalue weighted by Crippen LogP contribution is -2.07. The molecule has 0 unspecified atom stereocenters. The highest BCUT2D eigenvalue weighted by Crippen LogP contribution is 2.41. The van der Waals surface area contributed by atoms with Gasteiger partial charge in [-0.2, -0.15) is 28.7 Å². The van der Waals surface area contributed by atoms with Crippen molar-refractivity contribution in [3.63, 3.8) is 0 Å². The van der Waals surface area contributed by atoms with Crippen LogP contribution in [0.2, 0.25) is 0 Å². The maximum atomic E-state index is 14.0. The van der Waals surface area contributed by atoms with E-state index in [9.17, 15) is 13.2 Å². The molecule has 5 rings (SSSR count). The van der Waals surface area contributed by atoms with Crippen LogP contribution in [0.5, 0.6) is 11.6 Å². The summed E-state index contributed by atoms with van der Waals surface area (Å²) in [6.45, 7) is 0. The molecule has 1 N–H and O–H groups in total. The van der Waals surface area contributed by atoms with Gasteiger partial charge in [-0.05, 0) is 71.1 Å². The van der Waals surface area contributed by atoms with E-state index in [2.05, 4.69) is 15.3 Å². The lowest BCUT2D eigenvalue weighted by Gasteiger charge is -2.15. The molecular weight excluding hydrogens is 499 g/mol. The van der Waals surface area contributed by atoms with Crippen molar-refractivity contribution in [1.82, 2.24) is 9.97 Å². The zero-order valence-electron chi connectivity index (χ0n) is 18.7. The third-order valence-electron chi connectivity index (χ3n) is 5.38. The van der Waals surface area contributed by atoms with Gasteiger partial charge in [-0.25, -0.2) is 4.98 Å². The molecule has 0 aliphatic rings. The van der Waals surface area contributed by atoms with E-state index in [0.717, 1.165) is 6.07 Å². The van der Waals surface area contributed by atoms with Gasteiger partial charge >= 0.3 is 6.18 Å². The molecule has 5 aromatic rings. The Bertz CT molecular complexity index is 1680. The first-order chi connectivity index (χ1) is 17.8. The largest absolute Gasteiger partial charge is 0.437 e. The van der Waals surface area contributed by atoms with Gasteiger partial charge < -0.3 is 10.1 Å². The van der Waals surface area contributed by atoms with E-state index in [0.29, 0.717) is 32.6 Å². The van der Waals surface area contributed by atoms with Gasteiger partial charge in [0.1, 0.15) is 10.4 Å². The summed E-state index contributed by atoms with van der Waals surface area (Å²) in [5.74, 6) is 0.258. The number of ether oxygens (including phenoxy) is 1. The number of aromatic nitrogens is 2. The summed E-state index contributed by atoms with van der Waals surface area (Å²) in [7, 11) is 0. The standard InChI is InChI=1S/C27H14F3N5OS/c28-27(29,30)22-13-20(9-10-21(22)18-5-1-16(14-31)2-6-18)36-25-24-23(11-12-37-24)34-26(35-25)33-19-7-3-17(15-32)4-8-19/h1-13H,(H,33,34,35). The fourth-order valence-corrected chi connectivity index (χ4v) is 4.38. The van der Waals surface area contributed by atoms with Gasteiger partial charge in [0, 0.05) is 5.69 Å². The second-order valence-corrected chi connectivity index (χ2v) is 8.71. The van der Waals surface area contributed by atoms with Gasteiger partial charge in [-0.1, -0.05) is 18.2 Å². The topological polar surface area (TPSA) is 94.6 Å². The van der Waals surface area contributed by atoms with Crippen LogP contribution in [0, 0.1) is 22.7 Å². The Kier molecular flexibility index (Phi) is 6.18. The van der Waals surface area contributed by atoms with E-state index in [-0.39, 0.29) is 23.1 Å². The first kappa shape index (κ1) is 23.8. The molecule has 0 spiro atoms. The number of hydrogen-bond acceptors (Lipinski definition) is 7. The first-order valence-electron chi connectivity index (χ1n) is 10.8. The van der Waals surface area contributed by atoms with Crippen molar-refractivity contribution in [1.29, 1.82) is 10.5 Å². The molecule has 2 heterocycles. The van der Waals surface area contributed by atoms with Crippen LogP contribution in [0.1, 0.15) is 16.7 Å². The van der Waals surface area contributed by atoms with E-state index in [1.807, 2.05) is 12.1 Å². The summed E-state index contributed by atoms with van der Waals surface area (Å²) >= 11 is 1.30. The molecule has 0 aliphatic carbocycles. The second kappa shape index (κ2) is 9.61. The van der Waals surface area contributed by atoms with Crippen LogP contribution in [-0.4, -0.2) is 9.97 Å². The molecule has 10 heteroatoms. The zero-order valence-corrected chi connectivity index (χ0v) is 19.6. The Hall–Kier alpha value is -4.93. The highest BCUT2D eigenvalue weighted by Gasteiger charge is 2.34. The monoisotopic (exact) mass is 513 g/mol. The van der Waals surface area contributed by atoms with Crippen LogP contribution in [0.15, 0.2) is 78.2 Å². The molecule has 0 saturated carbocycles. The number of alkyl halides is 3. The Morgan fingerprint density at radius 3 is 2.16 bits per heavy atom. The van der Waals surface area contributed by atoms with Crippen molar-refractivity contribution in [3.05, 3.63) is 94.9 Å². The van der Waals surface area contributed by atoms with Crippen LogP contribution < -0.4 is 10.1 Å². The van der Waals surface area contributed by atoms with E-state index in [1.54, 1.807) is 35.7 Å². The van der Waals surface area contributed by atoms with E-state index >= 15 is 0 Å². The quantitative estimate of drug-likeness (QED) is 0.259. The summed E-state index contributed by atoms with van der Waals surface area (Å²) < 4.78 is 48.4. The number of fused-ring (bicyclic) bond motifs is 1. The smallest absolute Gasteiger partial charge is 0.417 e. The summed E-state index contributed by atoms with van der Waals surface area (Å²) in [6.07, 6.45) is -4.64. The van der Waals surface area contributed by atoms with E-state index < -0.39 is 11.7 Å². The van der Waals surface area contributed by atoms with Crippen molar-refractivity contribution < 1.29 is 17.9 Å². The third-order valence-corrected chi connectivity index (χ3v) is 6.27. The van der Waals surface area contributed by atoms with E-state index in [1.165, 1.54) is 47.7 Å². The average molecular weight is 514 g/mol. The predicted molar refractivity (Wildman–Crippen MR) is 134 cm³/mol. The Morgan fingerprint density at radius 1 is 0.838 bits per heavy atom. The Morgan fingerprint density at radius 2 is 1.51 bits per heavy atom. The number of anilines is 2. The van der Waals surface area contributed by atoms with Crippen molar-refractivity contribution in [2.45, 2.75) is 6.18 Å². The molecule has 180 valence electrons. The molecular formula is C27H14F3N5OS. The summed E-state index contributed by atoms with van der Waals surface area (Å²) in [5.41, 5.74) is 1.47. The molecule has 0 atom stereocenters. The summed E-state index contributed by atoms with van der Waals surface area (Å²) in [5, 5.41) is 22.8. The van der Waals surface area contributed by atoms with Crippen molar-refractivity contribution in [2.75, 3.05) is 5.32 Å². The normalized spacial score (nSPS) is 11.1. The SMILES string of the molecule is N#Cc1ccc(Nc2nc(Oc3ccc(-c4ccc(C#N)cc4)c(C(F)(F)F)c3)c3sccc3n2)cc1. The van der Waals surface area contributed by atoms with Crippen LogP contribution >= 0.6 is 11.3 Å². The highest BCUT2D eigenvalue weighted by atomic mass is 32.1. The first-order valence-corrected chi connectivity index (χ1v) is 11.6. The van der Waals surface area contributed by atoms with Crippen molar-refractivity contribution in [2.24, 2.45) is 0 Å². The van der Waals surface area contributed by atoms with E-state index in [4.69, 9.17) is 15.3 Å². The number of nitrogens with one attached hydrogen (secondary N) is 1. The van der Waals surface area contributed by atoms with Crippen LogP contribution in [0.4, 0.5) is 24.8 Å². The lowest BCUT2D eigenvalue weighted by atomic mass is 9.98. The number of rotatable bonds is 5. The second-order valence-electron chi connectivity index (χ2n) is 7.80. The van der Waals surface area contributed by atoms with Gasteiger partial charge in [-0.3, -0.25) is 0 Å². The minimum Gasteiger partial charge on any atom is -0.437 e. The Balaban J connectivity index is 1.50. The van der Waals surface area contributed by atoms with Crippen LogP contribution in [-0.2, 0) is 6.18 Å². The minimum absolute atomic E-state index is 0.0310. The van der Waals surface area contributed by atoms with Crippen molar-refractivity contribution >= 4 is 33.2 Å². The molecule has 2 aromatic heterocycles. The van der Waals surface area contributed by atoms with Gasteiger partial charge in [-0.15, -0.1) is 11.3 Å². The Labute approximate surface area is 212 Å². The number of thiophene rings is 1. The van der Waals surface area contributed by atoms with Crippen LogP contribution in [0.25, 0.3) is 21.3 Å². The molecule has 0 saturated heterocycles. The summed E-state index contributed by atoms with van der Waals surface area (Å²) in [4.78, 5) is 8.83. The molecule has 37 heavy (non-hydrogen) atoms. The molecule has 0 bridgehead atoms. The molecule has 0 aliphatic heterocycles. The average Bonchev–Trinajstić information content (AvgIpc) is 3.38. The highest BCUT2D eigenvalue weighted by molar-refractivity contribution is 7.17. The number of benzene rings is 3. The fourth-order valence-electron chi connectivity index (χ4n) is 3.63. The fraction of sp³-hybridized carbons (Fsp3) is 0.0370. The number of nitriles is 2. The van der Waals surface area contributed by atoms with Gasteiger partial charge in [0.05, 0.1) is 34.3 Å².